The van der Waals surface area contributed by atoms with E-state index in [0.29, 0.717) is 24.0 Å². The summed E-state index contributed by atoms with van der Waals surface area (Å²) in [5.41, 5.74) is 8.88. The highest BCUT2D eigenvalue weighted by atomic mass is 16.1. The normalized spacial score (nSPS) is 10.9. The number of fused-ring (bicyclic) bond motifs is 3. The number of hydrogen-bond donors (Lipinski definition) is 2. The van der Waals surface area contributed by atoms with Gasteiger partial charge in [-0.15, -0.1) is 5.92 Å². The lowest BCUT2D eigenvalue weighted by molar-refractivity contribution is 0.654. The van der Waals surface area contributed by atoms with Crippen molar-refractivity contribution in [1.82, 2.24) is 14.8 Å². The molecule has 0 aliphatic heterocycles. The van der Waals surface area contributed by atoms with Crippen molar-refractivity contribution in [2.45, 2.75) is 26.8 Å². The number of nitrogens with one attached hydrogen (secondary N) is 1. The van der Waals surface area contributed by atoms with E-state index < -0.39 is 0 Å². The Hall–Kier alpha value is -2.58. The maximum absolute atomic E-state index is 12.8. The van der Waals surface area contributed by atoms with E-state index >= 15 is 0 Å². The summed E-state index contributed by atoms with van der Waals surface area (Å²) in [6.07, 6.45) is 0.758. The van der Waals surface area contributed by atoms with Gasteiger partial charge in [-0.2, -0.15) is 5.10 Å². The van der Waals surface area contributed by atoms with Gasteiger partial charge in [-0.1, -0.05) is 5.92 Å². The standard InChI is InChI=1S/C17H18N4O/c1-3-5-12-6-7-14-13(10-12)16-15(11(2)19-20-16)17(22)21(14)9-4-8-18/h6-7,10H,4,8-9,18H2,1-2H3,(H,19,20). The van der Waals surface area contributed by atoms with Crippen molar-refractivity contribution >= 4 is 21.8 Å². The first-order valence-corrected chi connectivity index (χ1v) is 7.31. The second-order valence-electron chi connectivity index (χ2n) is 5.28. The Morgan fingerprint density at radius 2 is 2.23 bits per heavy atom. The third kappa shape index (κ3) is 2.18. The number of nitrogens with zero attached hydrogens (tertiary/aromatic N) is 2. The molecule has 0 amide bonds. The van der Waals surface area contributed by atoms with Crippen LogP contribution in [0.4, 0.5) is 0 Å². The Bertz CT molecular complexity index is 969. The number of nitrogens with two attached hydrogens (primary N) is 1. The van der Waals surface area contributed by atoms with Gasteiger partial charge in [0.2, 0.25) is 0 Å². The summed E-state index contributed by atoms with van der Waals surface area (Å²) >= 11 is 0. The number of hydrogen-bond acceptors (Lipinski definition) is 3. The molecule has 3 N–H and O–H groups in total. The van der Waals surface area contributed by atoms with Crippen LogP contribution in [0.15, 0.2) is 23.0 Å². The van der Waals surface area contributed by atoms with Crippen LogP contribution >= 0.6 is 0 Å². The molecular weight excluding hydrogens is 276 g/mol. The molecule has 112 valence electrons. The highest BCUT2D eigenvalue weighted by Gasteiger charge is 2.15. The lowest BCUT2D eigenvalue weighted by atomic mass is 10.1. The van der Waals surface area contributed by atoms with Crippen LogP contribution in [0, 0.1) is 18.8 Å². The lowest BCUT2D eigenvalue weighted by Crippen LogP contribution is -2.22. The SMILES string of the molecule is CC#Cc1ccc2c(c1)c1n[nH]c(C)c1c(=O)n2CCCN. The minimum absolute atomic E-state index is 0.0171. The van der Waals surface area contributed by atoms with Crippen molar-refractivity contribution in [3.63, 3.8) is 0 Å². The monoisotopic (exact) mass is 294 g/mol. The average Bonchev–Trinajstić information content (AvgIpc) is 2.90. The zero-order valence-corrected chi connectivity index (χ0v) is 12.7. The molecule has 0 fully saturated rings. The zero-order chi connectivity index (χ0) is 15.7. The van der Waals surface area contributed by atoms with Gasteiger partial charge in [0.25, 0.3) is 5.56 Å². The molecule has 1 aromatic carbocycles. The fraction of sp³-hybridized carbons (Fsp3) is 0.294. The van der Waals surface area contributed by atoms with Crippen LogP contribution in [0.5, 0.6) is 0 Å². The second kappa shape index (κ2) is 5.66. The van der Waals surface area contributed by atoms with E-state index in [-0.39, 0.29) is 5.56 Å². The topological polar surface area (TPSA) is 76.7 Å². The quantitative estimate of drug-likeness (QED) is 0.724. The predicted molar refractivity (Wildman–Crippen MR) is 88.8 cm³/mol. The molecule has 0 aliphatic rings. The van der Waals surface area contributed by atoms with Crippen molar-refractivity contribution in [3.8, 4) is 11.8 Å². The molecule has 3 aromatic rings. The van der Waals surface area contributed by atoms with E-state index in [1.165, 1.54) is 0 Å². The first-order chi connectivity index (χ1) is 10.7. The van der Waals surface area contributed by atoms with Crippen molar-refractivity contribution < 1.29 is 0 Å². The largest absolute Gasteiger partial charge is 0.330 e. The average molecular weight is 294 g/mol. The van der Waals surface area contributed by atoms with Crippen molar-refractivity contribution in [1.29, 1.82) is 0 Å². The van der Waals surface area contributed by atoms with E-state index in [2.05, 4.69) is 22.0 Å². The minimum Gasteiger partial charge on any atom is -0.330 e. The van der Waals surface area contributed by atoms with Crippen molar-refractivity contribution in [2.75, 3.05) is 6.54 Å². The molecule has 22 heavy (non-hydrogen) atoms. The summed E-state index contributed by atoms with van der Waals surface area (Å²) in [4.78, 5) is 12.8. The van der Waals surface area contributed by atoms with E-state index in [9.17, 15) is 4.79 Å². The highest BCUT2D eigenvalue weighted by Crippen LogP contribution is 2.24. The number of aromatic nitrogens is 3. The Kier molecular flexibility index (Phi) is 3.70. The highest BCUT2D eigenvalue weighted by molar-refractivity contribution is 6.04. The summed E-state index contributed by atoms with van der Waals surface area (Å²) in [6.45, 7) is 4.83. The Balaban J connectivity index is 2.43. The second-order valence-corrected chi connectivity index (χ2v) is 5.28. The van der Waals surface area contributed by atoms with Gasteiger partial charge in [0.05, 0.1) is 10.9 Å². The Morgan fingerprint density at radius 1 is 1.41 bits per heavy atom. The number of rotatable bonds is 3. The smallest absolute Gasteiger partial charge is 0.262 e. The van der Waals surface area contributed by atoms with E-state index in [1.807, 2.05) is 25.1 Å². The fourth-order valence-electron chi connectivity index (χ4n) is 2.78. The third-order valence-electron chi connectivity index (χ3n) is 3.80. The lowest BCUT2D eigenvalue weighted by Gasteiger charge is -2.11. The summed E-state index contributed by atoms with van der Waals surface area (Å²) in [7, 11) is 0. The summed E-state index contributed by atoms with van der Waals surface area (Å²) in [5.74, 6) is 5.95. The molecule has 5 heteroatoms. The Morgan fingerprint density at radius 3 is 2.95 bits per heavy atom. The van der Waals surface area contributed by atoms with Gasteiger partial charge in [0, 0.05) is 23.2 Å². The van der Waals surface area contributed by atoms with E-state index in [4.69, 9.17) is 5.73 Å². The first kappa shape index (κ1) is 14.4. The van der Waals surface area contributed by atoms with Gasteiger partial charge in [-0.25, -0.2) is 0 Å². The molecule has 2 aromatic heterocycles. The van der Waals surface area contributed by atoms with Crippen molar-refractivity contribution in [2.24, 2.45) is 5.73 Å². The predicted octanol–water partition coefficient (Wildman–Crippen LogP) is 1.91. The van der Waals surface area contributed by atoms with Crippen LogP contribution in [0.2, 0.25) is 0 Å². The van der Waals surface area contributed by atoms with Crippen LogP contribution in [-0.4, -0.2) is 21.3 Å². The first-order valence-electron chi connectivity index (χ1n) is 7.31. The molecule has 0 bridgehead atoms. The van der Waals surface area contributed by atoms with Gasteiger partial charge in [-0.05, 0) is 45.0 Å². The van der Waals surface area contributed by atoms with Crippen LogP contribution < -0.4 is 11.3 Å². The maximum atomic E-state index is 12.8. The number of aromatic amines is 1. The third-order valence-corrected chi connectivity index (χ3v) is 3.80. The fourth-order valence-corrected chi connectivity index (χ4v) is 2.78. The number of pyridine rings is 1. The van der Waals surface area contributed by atoms with Gasteiger partial charge < -0.3 is 10.3 Å². The molecule has 5 nitrogen and oxygen atoms in total. The van der Waals surface area contributed by atoms with Gasteiger partial charge in [0.1, 0.15) is 5.52 Å². The van der Waals surface area contributed by atoms with Gasteiger partial charge in [0.15, 0.2) is 0 Å². The number of H-pyrrole nitrogens is 1. The molecule has 0 spiro atoms. The molecule has 0 aliphatic carbocycles. The Labute approximate surface area is 128 Å². The number of benzene rings is 1. The number of aryl methyl sites for hydroxylation is 2. The van der Waals surface area contributed by atoms with Crippen LogP contribution in [0.25, 0.3) is 21.8 Å². The van der Waals surface area contributed by atoms with Gasteiger partial charge >= 0.3 is 0 Å². The molecule has 0 radical (unpaired) electrons. The molecule has 0 unspecified atom stereocenters. The van der Waals surface area contributed by atoms with E-state index in [1.54, 1.807) is 11.5 Å². The summed E-state index contributed by atoms with van der Waals surface area (Å²) < 4.78 is 1.79. The maximum Gasteiger partial charge on any atom is 0.262 e. The van der Waals surface area contributed by atoms with Crippen LogP contribution in [-0.2, 0) is 6.54 Å². The molecule has 0 atom stereocenters. The molecule has 0 saturated carbocycles. The molecule has 0 saturated heterocycles. The zero-order valence-electron chi connectivity index (χ0n) is 12.7. The molecular formula is C17H18N4O. The molecule has 2 heterocycles. The minimum atomic E-state index is -0.0171. The van der Waals surface area contributed by atoms with Crippen LogP contribution in [0.1, 0.15) is 24.6 Å². The summed E-state index contributed by atoms with van der Waals surface area (Å²) in [6, 6.07) is 5.87. The van der Waals surface area contributed by atoms with Crippen molar-refractivity contribution in [3.05, 3.63) is 39.8 Å². The van der Waals surface area contributed by atoms with Gasteiger partial charge in [-0.3, -0.25) is 9.89 Å². The van der Waals surface area contributed by atoms with Crippen LogP contribution in [0.3, 0.4) is 0 Å². The summed E-state index contributed by atoms with van der Waals surface area (Å²) in [5, 5.41) is 8.82. The molecule has 3 rings (SSSR count). The van der Waals surface area contributed by atoms with E-state index in [0.717, 1.165) is 28.6 Å².